The van der Waals surface area contributed by atoms with Crippen LogP contribution in [0.15, 0.2) is 18.3 Å². The van der Waals surface area contributed by atoms with Gasteiger partial charge >= 0.3 is 5.97 Å². The Morgan fingerprint density at radius 1 is 1.29 bits per heavy atom. The molecule has 1 atom stereocenters. The normalized spacial score (nSPS) is 11.4. The molecule has 0 aliphatic heterocycles. The van der Waals surface area contributed by atoms with Crippen molar-refractivity contribution in [1.29, 1.82) is 0 Å². The van der Waals surface area contributed by atoms with Crippen LogP contribution in [0, 0.1) is 13.8 Å². The molecule has 0 saturated carbocycles. The zero-order chi connectivity index (χ0) is 22.4. The molecule has 0 aromatic carbocycles. The number of aromatic nitrogens is 3. The lowest BCUT2D eigenvalue weighted by atomic mass is 10.2. The molecular formula is C20H24IN4O4PS. The van der Waals surface area contributed by atoms with Crippen molar-refractivity contribution in [3.8, 4) is 17.3 Å². The molecule has 0 spiro atoms. The van der Waals surface area contributed by atoms with Crippen LogP contribution in [-0.4, -0.2) is 54.3 Å². The molecule has 0 fully saturated rings. The molecule has 0 bridgehead atoms. The molecule has 0 aliphatic rings. The van der Waals surface area contributed by atoms with Crippen LogP contribution in [0.3, 0.4) is 0 Å². The minimum atomic E-state index is -0.300. The molecule has 0 aliphatic carbocycles. The number of anilines is 1. The molecule has 8 nitrogen and oxygen atoms in total. The Bertz CT molecular complexity index is 1070. The Labute approximate surface area is 200 Å². The fourth-order valence-electron chi connectivity index (χ4n) is 2.96. The van der Waals surface area contributed by atoms with E-state index in [1.54, 1.807) is 35.4 Å². The van der Waals surface area contributed by atoms with Crippen LogP contribution < -0.4 is 9.64 Å². The maximum atomic E-state index is 12.1. The van der Waals surface area contributed by atoms with Crippen molar-refractivity contribution < 1.29 is 18.8 Å². The molecular weight excluding hydrogens is 550 g/mol. The third-order valence-electron chi connectivity index (χ3n) is 4.51. The number of carbonyl (C=O) groups is 1. The molecule has 0 amide bonds. The summed E-state index contributed by atoms with van der Waals surface area (Å²) in [7, 11) is 1.83. The molecule has 0 radical (unpaired) electrons. The molecule has 3 aromatic heterocycles. The van der Waals surface area contributed by atoms with Gasteiger partial charge in [-0.05, 0) is 54.4 Å². The summed E-state index contributed by atoms with van der Waals surface area (Å²) in [5.74, 6) is 1.54. The van der Waals surface area contributed by atoms with E-state index in [9.17, 15) is 4.79 Å². The first-order valence-corrected chi connectivity index (χ1v) is 14.5. The number of fused-ring (bicyclic) bond motifs is 1. The van der Waals surface area contributed by atoms with Crippen molar-refractivity contribution >= 4 is 61.8 Å². The second-order valence-corrected chi connectivity index (χ2v) is 9.61. The van der Waals surface area contributed by atoms with Crippen LogP contribution in [0.4, 0.5) is 5.82 Å². The van der Waals surface area contributed by atoms with E-state index < -0.39 is 0 Å². The first kappa shape index (κ1) is 24.0. The van der Waals surface area contributed by atoms with Gasteiger partial charge in [0, 0.05) is 24.2 Å². The van der Waals surface area contributed by atoms with E-state index in [-0.39, 0.29) is 12.5 Å². The van der Waals surface area contributed by atoms with Crippen molar-refractivity contribution in [1.82, 2.24) is 15.0 Å². The summed E-state index contributed by atoms with van der Waals surface area (Å²) in [6.45, 7) is 7.72. The Kier molecular flexibility index (Phi) is 8.76. The van der Waals surface area contributed by atoms with E-state index in [2.05, 4.69) is 33.9 Å². The van der Waals surface area contributed by atoms with E-state index in [1.807, 2.05) is 20.0 Å². The first-order valence-electron chi connectivity index (χ1n) is 9.65. The smallest absolute Gasteiger partial charge is 0.325 e. The van der Waals surface area contributed by atoms with Gasteiger partial charge in [-0.15, -0.1) is 11.3 Å². The molecule has 3 heterocycles. The number of thiophene rings is 1. The lowest BCUT2D eigenvalue weighted by molar-refractivity contribution is -0.141. The number of aryl methyl sites for hydroxylation is 2. The summed E-state index contributed by atoms with van der Waals surface area (Å²) in [6, 6.07) is 3.61. The second kappa shape index (κ2) is 11.3. The van der Waals surface area contributed by atoms with E-state index in [0.29, 0.717) is 49.4 Å². The lowest BCUT2D eigenvalue weighted by Gasteiger charge is -2.19. The minimum Gasteiger partial charge on any atom is -0.491 e. The van der Waals surface area contributed by atoms with Gasteiger partial charge in [0.25, 0.3) is 0 Å². The predicted molar refractivity (Wildman–Crippen MR) is 134 cm³/mol. The van der Waals surface area contributed by atoms with Gasteiger partial charge < -0.3 is 18.9 Å². The number of pyridine rings is 1. The number of carbonyl (C=O) groups excluding carboxylic acids is 1. The summed E-state index contributed by atoms with van der Waals surface area (Å²) in [5, 5.41) is 0.947. The zero-order valence-electron chi connectivity index (χ0n) is 17.8. The molecule has 3 rings (SSSR count). The number of halogens is 1. The number of nitrogens with zero attached hydrogens (tertiary/aromatic N) is 4. The average Bonchev–Trinajstić information content (AvgIpc) is 3.04. The number of hydrogen-bond acceptors (Lipinski definition) is 9. The molecule has 1 unspecified atom stereocenters. The Morgan fingerprint density at radius 3 is 2.84 bits per heavy atom. The monoisotopic (exact) mass is 574 g/mol. The molecule has 11 heteroatoms. The highest BCUT2D eigenvalue weighted by Gasteiger charge is 2.20. The van der Waals surface area contributed by atoms with Crippen LogP contribution in [-0.2, 0) is 14.1 Å². The number of ether oxygens (including phenoxy) is 2. The van der Waals surface area contributed by atoms with E-state index in [4.69, 9.17) is 24.0 Å². The largest absolute Gasteiger partial charge is 0.491 e. The first-order chi connectivity index (χ1) is 14.9. The SMILES string of the molecule is CCOC(=O)CN(C)c1nc(-c2cc(OCCOPI)ccn2)nc2sc(C)c(C)c12. The van der Waals surface area contributed by atoms with Crippen molar-refractivity contribution in [2.75, 3.05) is 38.3 Å². The molecule has 0 N–H and O–H groups in total. The minimum absolute atomic E-state index is 0.0990. The maximum Gasteiger partial charge on any atom is 0.325 e. The average molecular weight is 574 g/mol. The Balaban J connectivity index is 1.97. The topological polar surface area (TPSA) is 86.7 Å². The predicted octanol–water partition coefficient (Wildman–Crippen LogP) is 4.71. The fraction of sp³-hybridized carbons (Fsp3) is 0.400. The summed E-state index contributed by atoms with van der Waals surface area (Å²) in [4.78, 5) is 29.8. The van der Waals surface area contributed by atoms with E-state index >= 15 is 0 Å². The number of esters is 1. The standard InChI is InChI=1S/C20H24IN4O4PS/c1-5-27-16(26)11-25(4)19-17-12(2)13(3)31-20(17)24-18(23-19)15-10-14(6-7-22-15)28-8-9-29-30-21/h6-7,10,30H,5,8-9,11H2,1-4H3. The summed E-state index contributed by atoms with van der Waals surface area (Å²) in [6.07, 6.45) is 1.67. The van der Waals surface area contributed by atoms with Crippen LogP contribution in [0.5, 0.6) is 5.75 Å². The van der Waals surface area contributed by atoms with Gasteiger partial charge in [0.1, 0.15) is 35.2 Å². The third-order valence-corrected chi connectivity index (χ3v) is 6.86. The molecule has 0 saturated heterocycles. The van der Waals surface area contributed by atoms with E-state index in [1.165, 1.54) is 0 Å². The highest BCUT2D eigenvalue weighted by atomic mass is 127. The summed E-state index contributed by atoms with van der Waals surface area (Å²) >= 11 is 3.78. The van der Waals surface area contributed by atoms with Crippen LogP contribution >= 0.6 is 39.8 Å². The van der Waals surface area contributed by atoms with Gasteiger partial charge in [-0.2, -0.15) is 0 Å². The lowest BCUT2D eigenvalue weighted by Crippen LogP contribution is -2.28. The molecule has 31 heavy (non-hydrogen) atoms. The number of hydrogen-bond donors (Lipinski definition) is 0. The Morgan fingerprint density at radius 2 is 2.10 bits per heavy atom. The van der Waals surface area contributed by atoms with E-state index in [0.717, 1.165) is 20.7 Å². The van der Waals surface area contributed by atoms with Crippen molar-refractivity contribution in [3.63, 3.8) is 0 Å². The zero-order valence-corrected chi connectivity index (χ0v) is 21.7. The maximum absolute atomic E-state index is 12.1. The van der Waals surface area contributed by atoms with Crippen LogP contribution in [0.25, 0.3) is 21.7 Å². The van der Waals surface area contributed by atoms with Gasteiger partial charge in [0.15, 0.2) is 5.82 Å². The van der Waals surface area contributed by atoms with Gasteiger partial charge in [0.2, 0.25) is 0 Å². The van der Waals surface area contributed by atoms with Gasteiger partial charge in [-0.25, -0.2) is 9.97 Å². The fourth-order valence-corrected chi connectivity index (χ4v) is 4.80. The van der Waals surface area contributed by atoms with Gasteiger partial charge in [-0.3, -0.25) is 9.78 Å². The Hall–Kier alpha value is -1.62. The highest BCUT2D eigenvalue weighted by Crippen LogP contribution is 2.36. The van der Waals surface area contributed by atoms with Crippen LogP contribution in [0.1, 0.15) is 17.4 Å². The van der Waals surface area contributed by atoms with Crippen molar-refractivity contribution in [2.24, 2.45) is 0 Å². The van der Waals surface area contributed by atoms with Crippen LogP contribution in [0.2, 0.25) is 0 Å². The van der Waals surface area contributed by atoms with Gasteiger partial charge in [0.05, 0.1) is 25.1 Å². The quantitative estimate of drug-likeness (QED) is 0.149. The summed E-state index contributed by atoms with van der Waals surface area (Å²) in [5.41, 5.74) is 1.71. The number of rotatable bonds is 10. The molecule has 3 aromatic rings. The van der Waals surface area contributed by atoms with Crippen molar-refractivity contribution in [3.05, 3.63) is 28.8 Å². The van der Waals surface area contributed by atoms with Crippen molar-refractivity contribution in [2.45, 2.75) is 20.8 Å². The second-order valence-electron chi connectivity index (χ2n) is 6.65. The highest BCUT2D eigenvalue weighted by molar-refractivity contribution is 14.2. The third kappa shape index (κ3) is 6.00. The number of likely N-dealkylation sites (N-methyl/N-ethyl adjacent to an activating group) is 1. The summed E-state index contributed by atoms with van der Waals surface area (Å²) < 4.78 is 16.2. The molecule has 166 valence electrons. The van der Waals surface area contributed by atoms with Gasteiger partial charge in [-0.1, -0.05) is 0 Å².